The molecule has 0 amide bonds. The second kappa shape index (κ2) is 6.09. The topological polar surface area (TPSA) is 59.1 Å². The van der Waals surface area contributed by atoms with Crippen LogP contribution in [0.4, 0.5) is 13.2 Å². The van der Waals surface area contributed by atoms with Crippen LogP contribution >= 0.6 is 0 Å². The van der Waals surface area contributed by atoms with Crippen LogP contribution in [0.15, 0.2) is 18.5 Å². The fourth-order valence-electron chi connectivity index (χ4n) is 1.91. The number of nitrogens with zero attached hydrogens (tertiary/aromatic N) is 1. The fourth-order valence-corrected chi connectivity index (χ4v) is 2.65. The van der Waals surface area contributed by atoms with Crippen LogP contribution in [0.25, 0.3) is 0 Å². The normalized spacial score (nSPS) is 15.9. The Bertz CT molecular complexity index is 558. The summed E-state index contributed by atoms with van der Waals surface area (Å²) in [5, 5.41) is 1.81. The summed E-state index contributed by atoms with van der Waals surface area (Å²) in [5.41, 5.74) is -1.02. The maximum absolute atomic E-state index is 13.0. The molecule has 0 saturated heterocycles. The third kappa shape index (κ3) is 3.92. The van der Waals surface area contributed by atoms with Crippen molar-refractivity contribution in [2.45, 2.75) is 31.3 Å². The molecule has 1 aromatic rings. The molecular weight excluding hydrogens is 293 g/mol. The molecule has 1 heterocycles. The van der Waals surface area contributed by atoms with Crippen molar-refractivity contribution in [2.24, 2.45) is 0 Å². The van der Waals surface area contributed by atoms with Crippen molar-refractivity contribution in [3.8, 4) is 0 Å². The molecule has 8 heteroatoms. The predicted octanol–water partition coefficient (Wildman–Crippen LogP) is 2.18. The Morgan fingerprint density at radius 2 is 2.00 bits per heavy atom. The predicted molar refractivity (Wildman–Crippen MR) is 70.0 cm³/mol. The van der Waals surface area contributed by atoms with Gasteiger partial charge in [0, 0.05) is 24.2 Å². The number of aromatic nitrogens is 1. The van der Waals surface area contributed by atoms with Gasteiger partial charge in [0.15, 0.2) is 9.84 Å². The van der Waals surface area contributed by atoms with E-state index in [2.05, 4.69) is 10.3 Å². The number of alkyl halides is 3. The molecule has 4 nitrogen and oxygen atoms in total. The van der Waals surface area contributed by atoms with Crippen LogP contribution in [-0.4, -0.2) is 31.5 Å². The van der Waals surface area contributed by atoms with Crippen LogP contribution in [-0.2, 0) is 16.0 Å². The molecule has 2 unspecified atom stereocenters. The Labute approximate surface area is 116 Å². The van der Waals surface area contributed by atoms with Crippen molar-refractivity contribution in [3.05, 3.63) is 29.6 Å². The summed E-state index contributed by atoms with van der Waals surface area (Å²) in [6.07, 6.45) is -1.44. The van der Waals surface area contributed by atoms with E-state index >= 15 is 0 Å². The average Bonchev–Trinajstić information content (AvgIpc) is 2.33. The highest BCUT2D eigenvalue weighted by molar-refractivity contribution is 7.91. The lowest BCUT2D eigenvalue weighted by Gasteiger charge is -2.26. The van der Waals surface area contributed by atoms with E-state index in [1.807, 2.05) is 0 Å². The number of nitrogens with one attached hydrogen (secondary N) is 1. The molecule has 1 N–H and O–H groups in total. The van der Waals surface area contributed by atoms with Crippen LogP contribution in [0.3, 0.4) is 0 Å². The maximum Gasteiger partial charge on any atom is 0.416 e. The Hall–Kier alpha value is -1.15. The van der Waals surface area contributed by atoms with Crippen LogP contribution in [0.1, 0.15) is 31.0 Å². The molecule has 0 radical (unpaired) electrons. The maximum atomic E-state index is 13.0. The van der Waals surface area contributed by atoms with Crippen LogP contribution in [0.2, 0.25) is 0 Å². The molecule has 1 aromatic heterocycles. The highest BCUT2D eigenvalue weighted by atomic mass is 32.2. The molecule has 0 saturated carbocycles. The van der Waals surface area contributed by atoms with Crippen LogP contribution < -0.4 is 5.32 Å². The third-order valence-electron chi connectivity index (χ3n) is 3.06. The molecule has 0 spiro atoms. The standard InChI is InChI=1S/C12H17F3N2O2S/c1-4-17-11(8(2)20(3,18)19)9-7-16-6-5-10(9)12(13,14)15/h5-8,11,17H,4H2,1-3H3. The number of hydrogen-bond donors (Lipinski definition) is 1. The lowest BCUT2D eigenvalue weighted by atomic mass is 10.00. The summed E-state index contributed by atoms with van der Waals surface area (Å²) in [5.74, 6) is 0. The second-order valence-corrected chi connectivity index (χ2v) is 6.93. The SMILES string of the molecule is CCNC(c1cnccc1C(F)(F)F)C(C)S(C)(=O)=O. The molecule has 20 heavy (non-hydrogen) atoms. The van der Waals surface area contributed by atoms with Crippen molar-refractivity contribution < 1.29 is 21.6 Å². The van der Waals surface area contributed by atoms with Crippen molar-refractivity contribution in [1.29, 1.82) is 0 Å². The molecule has 0 aliphatic rings. The van der Waals surface area contributed by atoms with Crippen molar-refractivity contribution in [3.63, 3.8) is 0 Å². The van der Waals surface area contributed by atoms with E-state index in [-0.39, 0.29) is 5.56 Å². The van der Waals surface area contributed by atoms with E-state index in [4.69, 9.17) is 0 Å². The summed E-state index contributed by atoms with van der Waals surface area (Å²) in [7, 11) is -3.49. The van der Waals surface area contributed by atoms with Gasteiger partial charge in [-0.2, -0.15) is 13.2 Å². The Morgan fingerprint density at radius 3 is 2.45 bits per heavy atom. The molecule has 0 bridgehead atoms. The molecule has 114 valence electrons. The van der Waals surface area contributed by atoms with Gasteiger partial charge in [-0.05, 0) is 19.5 Å². The minimum absolute atomic E-state index is 0.153. The molecular formula is C12H17F3N2O2S. The first-order valence-corrected chi connectivity index (χ1v) is 7.97. The van der Waals surface area contributed by atoms with E-state index in [0.29, 0.717) is 6.54 Å². The molecule has 1 rings (SSSR count). The smallest absolute Gasteiger partial charge is 0.309 e. The number of pyridine rings is 1. The van der Waals surface area contributed by atoms with Crippen molar-refractivity contribution in [2.75, 3.05) is 12.8 Å². The molecule has 2 atom stereocenters. The number of sulfone groups is 1. The minimum Gasteiger partial charge on any atom is -0.309 e. The van der Waals surface area contributed by atoms with E-state index in [0.717, 1.165) is 24.7 Å². The Kier molecular flexibility index (Phi) is 5.15. The van der Waals surface area contributed by atoms with E-state index in [9.17, 15) is 21.6 Å². The van der Waals surface area contributed by atoms with Gasteiger partial charge in [0.2, 0.25) is 0 Å². The second-order valence-electron chi connectivity index (χ2n) is 4.53. The quantitative estimate of drug-likeness (QED) is 0.905. The minimum atomic E-state index is -4.55. The van der Waals surface area contributed by atoms with Gasteiger partial charge in [0.05, 0.1) is 16.9 Å². The zero-order valence-corrected chi connectivity index (χ0v) is 12.2. The summed E-state index contributed by atoms with van der Waals surface area (Å²) < 4.78 is 62.3. The summed E-state index contributed by atoms with van der Waals surface area (Å²) in [6.45, 7) is 3.43. The summed E-state index contributed by atoms with van der Waals surface area (Å²) >= 11 is 0. The number of rotatable bonds is 5. The first kappa shape index (κ1) is 16.9. The zero-order valence-electron chi connectivity index (χ0n) is 11.4. The van der Waals surface area contributed by atoms with E-state index < -0.39 is 32.9 Å². The first-order valence-electron chi connectivity index (χ1n) is 6.02. The lowest BCUT2D eigenvalue weighted by molar-refractivity contribution is -0.138. The van der Waals surface area contributed by atoms with Gasteiger partial charge in [-0.15, -0.1) is 0 Å². The first-order chi connectivity index (χ1) is 9.09. The zero-order chi connectivity index (χ0) is 15.6. The summed E-state index contributed by atoms with van der Waals surface area (Å²) in [6, 6.07) is -0.102. The van der Waals surface area contributed by atoms with Gasteiger partial charge in [-0.25, -0.2) is 8.42 Å². The number of hydrogen-bond acceptors (Lipinski definition) is 4. The third-order valence-corrected chi connectivity index (χ3v) is 4.68. The van der Waals surface area contributed by atoms with Crippen molar-refractivity contribution in [1.82, 2.24) is 10.3 Å². The monoisotopic (exact) mass is 310 g/mol. The highest BCUT2D eigenvalue weighted by Crippen LogP contribution is 2.35. The van der Waals surface area contributed by atoms with E-state index in [1.165, 1.54) is 6.92 Å². The van der Waals surface area contributed by atoms with Gasteiger partial charge in [0.1, 0.15) is 0 Å². The van der Waals surface area contributed by atoms with Gasteiger partial charge >= 0.3 is 6.18 Å². The Morgan fingerprint density at radius 1 is 1.40 bits per heavy atom. The van der Waals surface area contributed by atoms with Gasteiger partial charge in [-0.1, -0.05) is 6.92 Å². The average molecular weight is 310 g/mol. The lowest BCUT2D eigenvalue weighted by Crippen LogP contribution is -2.36. The molecule has 0 aromatic carbocycles. The van der Waals surface area contributed by atoms with Gasteiger partial charge < -0.3 is 5.32 Å². The van der Waals surface area contributed by atoms with Gasteiger partial charge in [0.25, 0.3) is 0 Å². The molecule has 0 aliphatic carbocycles. The summed E-state index contributed by atoms with van der Waals surface area (Å²) in [4.78, 5) is 3.69. The van der Waals surface area contributed by atoms with Gasteiger partial charge in [-0.3, -0.25) is 4.98 Å². The molecule has 0 aliphatic heterocycles. The van der Waals surface area contributed by atoms with Crippen LogP contribution in [0.5, 0.6) is 0 Å². The highest BCUT2D eigenvalue weighted by Gasteiger charge is 2.38. The molecule has 0 fully saturated rings. The van der Waals surface area contributed by atoms with Crippen LogP contribution in [0, 0.1) is 0 Å². The number of halogens is 3. The fraction of sp³-hybridized carbons (Fsp3) is 0.583. The Balaban J connectivity index is 3.37. The van der Waals surface area contributed by atoms with E-state index in [1.54, 1.807) is 6.92 Å². The van der Waals surface area contributed by atoms with Crippen molar-refractivity contribution >= 4 is 9.84 Å². The largest absolute Gasteiger partial charge is 0.416 e.